The Bertz CT molecular complexity index is 852. The summed E-state index contributed by atoms with van der Waals surface area (Å²) in [6.07, 6.45) is 0.163. The molecule has 28 heavy (non-hydrogen) atoms. The van der Waals surface area contributed by atoms with E-state index in [4.69, 9.17) is 4.74 Å². The Morgan fingerprint density at radius 1 is 1.07 bits per heavy atom. The van der Waals surface area contributed by atoms with E-state index in [0.29, 0.717) is 11.1 Å². The number of benzene rings is 2. The van der Waals surface area contributed by atoms with Gasteiger partial charge in [-0.1, -0.05) is 45.0 Å². The molecule has 7 heteroatoms. The average molecular weight is 384 g/mol. The van der Waals surface area contributed by atoms with Gasteiger partial charge in [-0.05, 0) is 28.7 Å². The molecule has 0 radical (unpaired) electrons. The summed E-state index contributed by atoms with van der Waals surface area (Å²) in [5.41, 5.74) is 2.13. The predicted molar refractivity (Wildman–Crippen MR) is 105 cm³/mol. The molecule has 0 aliphatic rings. The largest absolute Gasteiger partial charge is 0.467 e. The second-order valence-electron chi connectivity index (χ2n) is 7.50. The summed E-state index contributed by atoms with van der Waals surface area (Å²) in [6.45, 7) is 6.25. The summed E-state index contributed by atoms with van der Waals surface area (Å²) in [7, 11) is 1.25. The van der Waals surface area contributed by atoms with Crippen LogP contribution in [-0.4, -0.2) is 30.0 Å². The van der Waals surface area contributed by atoms with Crippen LogP contribution in [0.15, 0.2) is 48.5 Å². The first-order valence-corrected chi connectivity index (χ1v) is 8.84. The normalized spacial score (nSPS) is 12.1. The Labute approximate surface area is 163 Å². The Morgan fingerprint density at radius 3 is 2.11 bits per heavy atom. The van der Waals surface area contributed by atoms with Crippen molar-refractivity contribution in [2.45, 2.75) is 38.6 Å². The van der Waals surface area contributed by atoms with Crippen LogP contribution in [0.1, 0.15) is 42.3 Å². The molecule has 7 nitrogen and oxygen atoms in total. The van der Waals surface area contributed by atoms with Gasteiger partial charge in [-0.2, -0.15) is 0 Å². The molecule has 0 aliphatic carbocycles. The molecule has 148 valence electrons. The molecule has 0 saturated heterocycles. The predicted octanol–water partition coefficient (Wildman–Crippen LogP) is 3.41. The first-order valence-electron chi connectivity index (χ1n) is 8.84. The second-order valence-corrected chi connectivity index (χ2v) is 7.50. The van der Waals surface area contributed by atoms with E-state index in [1.807, 2.05) is 12.1 Å². The number of methoxy groups -OCH3 is 1. The lowest BCUT2D eigenvalue weighted by molar-refractivity contribution is -0.384. The third kappa shape index (κ3) is 5.39. The topological polar surface area (TPSA) is 98.5 Å². The molecule has 0 unspecified atom stereocenters. The highest BCUT2D eigenvalue weighted by atomic mass is 16.6. The lowest BCUT2D eigenvalue weighted by Gasteiger charge is -2.20. The van der Waals surface area contributed by atoms with E-state index in [0.717, 1.165) is 5.56 Å². The number of nitrogens with one attached hydrogen (secondary N) is 1. The van der Waals surface area contributed by atoms with E-state index in [1.54, 1.807) is 24.3 Å². The number of carbonyl (C=O) groups is 2. The van der Waals surface area contributed by atoms with Crippen LogP contribution in [0, 0.1) is 10.1 Å². The van der Waals surface area contributed by atoms with E-state index < -0.39 is 22.8 Å². The van der Waals surface area contributed by atoms with Crippen molar-refractivity contribution in [3.63, 3.8) is 0 Å². The van der Waals surface area contributed by atoms with E-state index in [-0.39, 0.29) is 17.5 Å². The molecule has 0 aromatic heterocycles. The van der Waals surface area contributed by atoms with Crippen LogP contribution < -0.4 is 5.32 Å². The first-order chi connectivity index (χ1) is 13.1. The number of carbonyl (C=O) groups excluding carboxylic acids is 2. The molecule has 0 spiro atoms. The van der Waals surface area contributed by atoms with Gasteiger partial charge in [-0.3, -0.25) is 14.9 Å². The first kappa shape index (κ1) is 21.1. The van der Waals surface area contributed by atoms with Crippen LogP contribution in [0.2, 0.25) is 0 Å². The van der Waals surface area contributed by atoms with Crippen molar-refractivity contribution in [1.29, 1.82) is 0 Å². The van der Waals surface area contributed by atoms with Gasteiger partial charge < -0.3 is 10.1 Å². The molecule has 2 aromatic rings. The number of nitro benzene ring substituents is 1. The fraction of sp³-hybridized carbons (Fsp3) is 0.333. The Morgan fingerprint density at radius 2 is 1.64 bits per heavy atom. The van der Waals surface area contributed by atoms with Crippen LogP contribution >= 0.6 is 0 Å². The monoisotopic (exact) mass is 384 g/mol. The molecule has 0 saturated carbocycles. The van der Waals surface area contributed by atoms with Gasteiger partial charge in [0, 0.05) is 24.1 Å². The number of hydrogen-bond donors (Lipinski definition) is 1. The van der Waals surface area contributed by atoms with Gasteiger partial charge in [0.15, 0.2) is 0 Å². The summed E-state index contributed by atoms with van der Waals surface area (Å²) in [5, 5.41) is 13.4. The Kier molecular flexibility index (Phi) is 6.51. The van der Waals surface area contributed by atoms with Crippen LogP contribution in [0.4, 0.5) is 5.69 Å². The van der Waals surface area contributed by atoms with Crippen molar-refractivity contribution >= 4 is 17.6 Å². The average Bonchev–Trinajstić information content (AvgIpc) is 2.66. The highest BCUT2D eigenvalue weighted by molar-refractivity contribution is 5.96. The molecule has 1 atom stereocenters. The number of amides is 1. The van der Waals surface area contributed by atoms with Gasteiger partial charge in [0.05, 0.1) is 12.0 Å². The number of non-ortho nitro benzene ring substituents is 1. The number of hydrogen-bond acceptors (Lipinski definition) is 5. The van der Waals surface area contributed by atoms with Crippen molar-refractivity contribution in [1.82, 2.24) is 5.32 Å². The molecule has 1 amide bonds. The highest BCUT2D eigenvalue weighted by Gasteiger charge is 2.23. The fourth-order valence-electron chi connectivity index (χ4n) is 2.69. The SMILES string of the molecule is COC(=O)[C@H](Cc1ccc([N+](=O)[O-])cc1)NC(=O)c1ccc(C(C)(C)C)cc1. The molecule has 0 aliphatic heterocycles. The summed E-state index contributed by atoms with van der Waals surface area (Å²) < 4.78 is 4.79. The molecule has 1 N–H and O–H groups in total. The maximum Gasteiger partial charge on any atom is 0.328 e. The number of rotatable bonds is 6. The zero-order valence-electron chi connectivity index (χ0n) is 16.4. The zero-order valence-corrected chi connectivity index (χ0v) is 16.4. The third-order valence-corrected chi connectivity index (χ3v) is 4.39. The number of esters is 1. The smallest absolute Gasteiger partial charge is 0.328 e. The number of nitro groups is 1. The molecule has 2 rings (SSSR count). The van der Waals surface area contributed by atoms with Crippen molar-refractivity contribution in [2.24, 2.45) is 0 Å². The summed E-state index contributed by atoms with van der Waals surface area (Å²) in [5.74, 6) is -0.976. The molecule has 2 aromatic carbocycles. The van der Waals surface area contributed by atoms with Crippen molar-refractivity contribution < 1.29 is 19.2 Å². The van der Waals surface area contributed by atoms with E-state index in [1.165, 1.54) is 19.2 Å². The molecular weight excluding hydrogens is 360 g/mol. The van der Waals surface area contributed by atoms with E-state index in [9.17, 15) is 19.7 Å². The van der Waals surface area contributed by atoms with Crippen molar-refractivity contribution in [3.8, 4) is 0 Å². The standard InChI is InChI=1S/C21H24N2O5/c1-21(2,3)16-9-7-15(8-10-16)19(24)22-18(20(25)28-4)13-14-5-11-17(12-6-14)23(26)27/h5-12,18H,13H2,1-4H3,(H,22,24)/t18-/m0/s1. The number of ether oxygens (including phenoxy) is 1. The lowest BCUT2D eigenvalue weighted by Crippen LogP contribution is -2.43. The van der Waals surface area contributed by atoms with Crippen LogP contribution in [0.25, 0.3) is 0 Å². The molecular formula is C21H24N2O5. The summed E-state index contributed by atoms with van der Waals surface area (Å²) in [6, 6.07) is 12.1. The lowest BCUT2D eigenvalue weighted by atomic mass is 9.86. The van der Waals surface area contributed by atoms with Crippen LogP contribution in [0.5, 0.6) is 0 Å². The molecule has 0 fully saturated rings. The van der Waals surface area contributed by atoms with Crippen molar-refractivity contribution in [3.05, 3.63) is 75.3 Å². The minimum Gasteiger partial charge on any atom is -0.467 e. The van der Waals surface area contributed by atoms with E-state index in [2.05, 4.69) is 26.1 Å². The summed E-state index contributed by atoms with van der Waals surface area (Å²) in [4.78, 5) is 34.9. The van der Waals surface area contributed by atoms with Crippen LogP contribution in [0.3, 0.4) is 0 Å². The highest BCUT2D eigenvalue weighted by Crippen LogP contribution is 2.22. The Balaban J connectivity index is 2.14. The Hall–Kier alpha value is -3.22. The maximum atomic E-state index is 12.6. The quantitative estimate of drug-likeness (QED) is 0.467. The minimum atomic E-state index is -0.902. The van der Waals surface area contributed by atoms with Gasteiger partial charge in [-0.15, -0.1) is 0 Å². The zero-order chi connectivity index (χ0) is 20.9. The molecule has 0 bridgehead atoms. The second kappa shape index (κ2) is 8.65. The van der Waals surface area contributed by atoms with E-state index >= 15 is 0 Å². The van der Waals surface area contributed by atoms with Gasteiger partial charge in [0.2, 0.25) is 0 Å². The summed E-state index contributed by atoms with van der Waals surface area (Å²) >= 11 is 0. The van der Waals surface area contributed by atoms with Gasteiger partial charge in [0.25, 0.3) is 11.6 Å². The third-order valence-electron chi connectivity index (χ3n) is 4.39. The minimum absolute atomic E-state index is 0.0283. The maximum absolute atomic E-state index is 12.6. The number of nitrogens with zero attached hydrogens (tertiary/aromatic N) is 1. The molecule has 0 heterocycles. The van der Waals surface area contributed by atoms with Crippen LogP contribution in [-0.2, 0) is 21.4 Å². The van der Waals surface area contributed by atoms with Gasteiger partial charge >= 0.3 is 5.97 Å². The van der Waals surface area contributed by atoms with Gasteiger partial charge in [-0.25, -0.2) is 4.79 Å². The van der Waals surface area contributed by atoms with Gasteiger partial charge in [0.1, 0.15) is 6.04 Å². The van der Waals surface area contributed by atoms with Crippen molar-refractivity contribution in [2.75, 3.05) is 7.11 Å². The fourth-order valence-corrected chi connectivity index (χ4v) is 2.69.